The molecule has 5 nitrogen and oxygen atoms in total. The van der Waals surface area contributed by atoms with Gasteiger partial charge in [-0.1, -0.05) is 22.9 Å². The summed E-state index contributed by atoms with van der Waals surface area (Å²) in [5, 5.41) is 16.7. The van der Waals surface area contributed by atoms with E-state index < -0.39 is 0 Å². The van der Waals surface area contributed by atoms with E-state index in [1.165, 1.54) is 38.5 Å². The lowest BCUT2D eigenvalue weighted by Gasteiger charge is -2.55. The molecule has 1 heterocycles. The summed E-state index contributed by atoms with van der Waals surface area (Å²) in [7, 11) is 0. The Morgan fingerprint density at radius 3 is 2.23 bits per heavy atom. The number of urea groups is 1. The number of benzene rings is 1. The van der Waals surface area contributed by atoms with Gasteiger partial charge in [0.15, 0.2) is 0 Å². The summed E-state index contributed by atoms with van der Waals surface area (Å²) >= 11 is 7.41. The Bertz CT molecular complexity index is 799. The molecule has 4 aliphatic rings. The average Bonchev–Trinajstić information content (AvgIpc) is 3.05. The van der Waals surface area contributed by atoms with Gasteiger partial charge in [0.2, 0.25) is 5.13 Å². The molecule has 1 aromatic carbocycles. The molecule has 6 rings (SSSR count). The summed E-state index contributed by atoms with van der Waals surface area (Å²) in [5.41, 5.74) is 0.914. The van der Waals surface area contributed by atoms with Gasteiger partial charge in [0, 0.05) is 16.1 Å². The minimum atomic E-state index is -0.305. The molecule has 0 radical (unpaired) electrons. The van der Waals surface area contributed by atoms with Crippen molar-refractivity contribution in [1.82, 2.24) is 10.2 Å². The van der Waals surface area contributed by atoms with Crippen molar-refractivity contribution >= 4 is 39.8 Å². The van der Waals surface area contributed by atoms with Gasteiger partial charge in [0.1, 0.15) is 5.01 Å². The molecule has 4 bridgehead atoms. The van der Waals surface area contributed by atoms with Gasteiger partial charge in [-0.25, -0.2) is 4.79 Å². The van der Waals surface area contributed by atoms with Crippen molar-refractivity contribution in [2.75, 3.05) is 10.6 Å². The van der Waals surface area contributed by atoms with Crippen LogP contribution >= 0.6 is 22.9 Å². The first-order valence-electron chi connectivity index (χ1n) is 9.25. The SMILES string of the molecule is O=C(Nc1ccc(Cl)cc1)Nc1nnc(C23CC4CC(CC(C4)C2)C3)s1. The molecule has 136 valence electrons. The third kappa shape index (κ3) is 2.99. The van der Waals surface area contributed by atoms with Crippen LogP contribution in [0.3, 0.4) is 0 Å². The molecule has 0 spiro atoms. The maximum Gasteiger partial charge on any atom is 0.325 e. The van der Waals surface area contributed by atoms with Crippen LogP contribution in [0.1, 0.15) is 43.5 Å². The molecule has 26 heavy (non-hydrogen) atoms. The van der Waals surface area contributed by atoms with Crippen molar-refractivity contribution in [3.63, 3.8) is 0 Å². The van der Waals surface area contributed by atoms with Gasteiger partial charge in [-0.15, -0.1) is 10.2 Å². The lowest BCUT2D eigenvalue weighted by Crippen LogP contribution is -2.48. The average molecular weight is 389 g/mol. The first kappa shape index (κ1) is 16.5. The highest BCUT2D eigenvalue weighted by Crippen LogP contribution is 2.61. The van der Waals surface area contributed by atoms with E-state index in [0.717, 1.165) is 22.8 Å². The van der Waals surface area contributed by atoms with Gasteiger partial charge in [-0.05, 0) is 80.5 Å². The number of carbonyl (C=O) groups is 1. The molecule has 4 saturated carbocycles. The fraction of sp³-hybridized carbons (Fsp3) is 0.526. The molecule has 7 heteroatoms. The van der Waals surface area contributed by atoms with E-state index in [9.17, 15) is 4.79 Å². The summed E-state index contributed by atoms with van der Waals surface area (Å²) in [5.74, 6) is 2.61. The number of halogens is 1. The highest BCUT2D eigenvalue weighted by Gasteiger charge is 2.53. The summed E-state index contributed by atoms with van der Waals surface area (Å²) in [6.45, 7) is 0. The highest BCUT2D eigenvalue weighted by atomic mass is 35.5. The molecule has 0 unspecified atom stereocenters. The van der Waals surface area contributed by atoms with E-state index >= 15 is 0 Å². The molecule has 0 saturated heterocycles. The number of rotatable bonds is 3. The number of amides is 2. The molecule has 4 fully saturated rings. The van der Waals surface area contributed by atoms with Crippen LogP contribution in [0.4, 0.5) is 15.6 Å². The molecule has 2 aromatic rings. The van der Waals surface area contributed by atoms with Gasteiger partial charge >= 0.3 is 6.03 Å². The molecule has 1 aromatic heterocycles. The molecular formula is C19H21ClN4OS. The molecule has 0 aliphatic heterocycles. The van der Waals surface area contributed by atoms with Gasteiger partial charge < -0.3 is 5.32 Å². The quantitative estimate of drug-likeness (QED) is 0.749. The lowest BCUT2D eigenvalue weighted by atomic mass is 9.50. The second kappa shape index (κ2) is 6.20. The van der Waals surface area contributed by atoms with Crippen LogP contribution in [0.25, 0.3) is 0 Å². The summed E-state index contributed by atoms with van der Waals surface area (Å²) < 4.78 is 0. The number of aromatic nitrogens is 2. The predicted molar refractivity (Wildman–Crippen MR) is 104 cm³/mol. The lowest BCUT2D eigenvalue weighted by molar-refractivity contribution is -0.00555. The maximum atomic E-state index is 12.2. The summed E-state index contributed by atoms with van der Waals surface area (Å²) in [6.07, 6.45) is 7.99. The van der Waals surface area contributed by atoms with Crippen LogP contribution in [-0.2, 0) is 5.41 Å². The number of anilines is 2. The van der Waals surface area contributed by atoms with Crippen LogP contribution in [0.5, 0.6) is 0 Å². The van der Waals surface area contributed by atoms with Crippen LogP contribution in [0.15, 0.2) is 24.3 Å². The Balaban J connectivity index is 1.28. The van der Waals surface area contributed by atoms with E-state index in [0.29, 0.717) is 15.8 Å². The van der Waals surface area contributed by atoms with E-state index in [-0.39, 0.29) is 11.4 Å². The molecule has 4 aliphatic carbocycles. The van der Waals surface area contributed by atoms with Crippen LogP contribution in [0, 0.1) is 17.8 Å². The van der Waals surface area contributed by atoms with Crippen LogP contribution in [0.2, 0.25) is 5.02 Å². The third-order valence-electron chi connectivity index (χ3n) is 6.24. The number of nitrogens with one attached hydrogen (secondary N) is 2. The highest BCUT2D eigenvalue weighted by molar-refractivity contribution is 7.15. The standard InChI is InChI=1S/C19H21ClN4OS/c20-14-1-3-15(4-2-14)21-17(25)22-18-24-23-16(26-18)19-8-11-5-12(9-19)7-13(6-11)10-19/h1-4,11-13H,5-10H2,(H2,21,22,24,25). The number of hydrogen-bond acceptors (Lipinski definition) is 4. The minimum absolute atomic E-state index is 0.221. The molecule has 0 atom stereocenters. The van der Waals surface area contributed by atoms with Gasteiger partial charge in [0.25, 0.3) is 0 Å². The Hall–Kier alpha value is -1.66. The largest absolute Gasteiger partial charge is 0.325 e. The first-order valence-corrected chi connectivity index (χ1v) is 10.4. The van der Waals surface area contributed by atoms with Crippen molar-refractivity contribution < 1.29 is 4.79 Å². The van der Waals surface area contributed by atoms with Crippen LogP contribution in [-0.4, -0.2) is 16.2 Å². The zero-order valence-electron chi connectivity index (χ0n) is 14.4. The van der Waals surface area contributed by atoms with Crippen molar-refractivity contribution in [3.8, 4) is 0 Å². The molecule has 2 amide bonds. The van der Waals surface area contributed by atoms with Crippen molar-refractivity contribution in [2.45, 2.75) is 43.9 Å². The van der Waals surface area contributed by atoms with Crippen molar-refractivity contribution in [1.29, 1.82) is 0 Å². The van der Waals surface area contributed by atoms with Gasteiger partial charge in [0.05, 0.1) is 0 Å². The number of hydrogen-bond donors (Lipinski definition) is 2. The smallest absolute Gasteiger partial charge is 0.308 e. The van der Waals surface area contributed by atoms with E-state index in [1.54, 1.807) is 35.6 Å². The Morgan fingerprint density at radius 2 is 1.62 bits per heavy atom. The fourth-order valence-corrected chi connectivity index (χ4v) is 6.74. The van der Waals surface area contributed by atoms with Gasteiger partial charge in [-0.3, -0.25) is 5.32 Å². The third-order valence-corrected chi connectivity index (χ3v) is 7.58. The molecular weight excluding hydrogens is 368 g/mol. The first-order chi connectivity index (χ1) is 12.6. The number of carbonyl (C=O) groups excluding carboxylic acids is 1. The van der Waals surface area contributed by atoms with Gasteiger partial charge in [-0.2, -0.15) is 0 Å². The van der Waals surface area contributed by atoms with Crippen molar-refractivity contribution in [2.24, 2.45) is 17.8 Å². The van der Waals surface area contributed by atoms with Crippen molar-refractivity contribution in [3.05, 3.63) is 34.3 Å². The number of nitrogens with zero attached hydrogens (tertiary/aromatic N) is 2. The normalized spacial score (nSPS) is 31.8. The second-order valence-corrected chi connectivity index (χ2v) is 9.61. The molecule has 2 N–H and O–H groups in total. The monoisotopic (exact) mass is 388 g/mol. The Morgan fingerprint density at radius 1 is 1.00 bits per heavy atom. The second-order valence-electron chi connectivity index (χ2n) is 8.20. The van der Waals surface area contributed by atoms with E-state index in [4.69, 9.17) is 11.6 Å². The summed E-state index contributed by atoms with van der Waals surface area (Å²) in [4.78, 5) is 12.2. The van der Waals surface area contributed by atoms with Crippen LogP contribution < -0.4 is 10.6 Å². The summed E-state index contributed by atoms with van der Waals surface area (Å²) in [6, 6.07) is 6.72. The Labute approximate surface area is 161 Å². The zero-order valence-corrected chi connectivity index (χ0v) is 15.9. The maximum absolute atomic E-state index is 12.2. The topological polar surface area (TPSA) is 66.9 Å². The minimum Gasteiger partial charge on any atom is -0.308 e. The van der Waals surface area contributed by atoms with E-state index in [1.807, 2.05) is 0 Å². The zero-order chi connectivity index (χ0) is 17.7. The fourth-order valence-electron chi connectivity index (χ4n) is 5.65. The predicted octanol–water partition coefficient (Wildman–Crippen LogP) is 5.30. The Kier molecular flexibility index (Phi) is 3.94. The van der Waals surface area contributed by atoms with E-state index in [2.05, 4.69) is 20.8 Å².